The summed E-state index contributed by atoms with van der Waals surface area (Å²) in [6.45, 7) is 0.939. The molecule has 0 aromatic carbocycles. The third-order valence-corrected chi connectivity index (χ3v) is 6.08. The fourth-order valence-corrected chi connectivity index (χ4v) is 5.30. The Morgan fingerprint density at radius 3 is 2.56 bits per heavy atom. The minimum Gasteiger partial charge on any atom is -0.378 e. The van der Waals surface area contributed by atoms with Gasteiger partial charge in [-0.2, -0.15) is 0 Å². The molecule has 0 radical (unpaired) electrons. The first-order valence-corrected chi connectivity index (χ1v) is 7.99. The number of rotatable bonds is 5. The largest absolute Gasteiger partial charge is 0.378 e. The number of fused-ring (bicyclic) bond motifs is 5. The Balaban J connectivity index is 1.23. The molecule has 1 heterocycles. The van der Waals surface area contributed by atoms with Gasteiger partial charge in [0.2, 0.25) is 0 Å². The Morgan fingerprint density at radius 1 is 1.11 bits per heavy atom. The number of ketones is 1. The predicted octanol–water partition coefficient (Wildman–Crippen LogP) is 3.20. The number of ether oxygens (including phenoxy) is 1. The van der Waals surface area contributed by atoms with E-state index in [4.69, 9.17) is 4.74 Å². The lowest BCUT2D eigenvalue weighted by atomic mass is 9.97. The summed E-state index contributed by atoms with van der Waals surface area (Å²) in [4.78, 5) is 12.3. The highest BCUT2D eigenvalue weighted by atomic mass is 16.5. The molecular formula is C16H24O2. The SMILES string of the molecule is O=C(CCCC1CCCO1)C1C2C3CCC(C3)C12. The van der Waals surface area contributed by atoms with E-state index in [1.807, 2.05) is 0 Å². The van der Waals surface area contributed by atoms with E-state index in [2.05, 4.69) is 0 Å². The molecule has 4 fully saturated rings. The number of carbonyl (C=O) groups excluding carboxylic acids is 1. The second kappa shape index (κ2) is 4.33. The van der Waals surface area contributed by atoms with Crippen LogP contribution in [0.2, 0.25) is 0 Å². The second-order valence-electron chi connectivity index (χ2n) is 7.01. The monoisotopic (exact) mass is 248 g/mol. The van der Waals surface area contributed by atoms with Crippen LogP contribution in [0.1, 0.15) is 51.4 Å². The third-order valence-electron chi connectivity index (χ3n) is 6.08. The van der Waals surface area contributed by atoms with E-state index in [1.165, 1.54) is 32.1 Å². The maximum absolute atomic E-state index is 12.3. The van der Waals surface area contributed by atoms with Gasteiger partial charge >= 0.3 is 0 Å². The van der Waals surface area contributed by atoms with Gasteiger partial charge < -0.3 is 4.74 Å². The Bertz CT molecular complexity index is 329. The molecule has 4 aliphatic rings. The van der Waals surface area contributed by atoms with Crippen LogP contribution < -0.4 is 0 Å². The van der Waals surface area contributed by atoms with Crippen molar-refractivity contribution < 1.29 is 9.53 Å². The van der Waals surface area contributed by atoms with Crippen molar-refractivity contribution in [1.29, 1.82) is 0 Å². The average molecular weight is 248 g/mol. The van der Waals surface area contributed by atoms with Gasteiger partial charge in [-0.1, -0.05) is 0 Å². The molecule has 0 N–H and O–H groups in total. The molecule has 2 nitrogen and oxygen atoms in total. The lowest BCUT2D eigenvalue weighted by molar-refractivity contribution is -0.121. The summed E-state index contributed by atoms with van der Waals surface area (Å²) in [5.74, 6) is 4.64. The van der Waals surface area contributed by atoms with Gasteiger partial charge in [-0.15, -0.1) is 0 Å². The fraction of sp³-hybridized carbons (Fsp3) is 0.938. The maximum atomic E-state index is 12.3. The van der Waals surface area contributed by atoms with Crippen LogP contribution in [0.4, 0.5) is 0 Å². The van der Waals surface area contributed by atoms with Gasteiger partial charge in [0.15, 0.2) is 0 Å². The van der Waals surface area contributed by atoms with Gasteiger partial charge in [0, 0.05) is 18.9 Å². The summed E-state index contributed by atoms with van der Waals surface area (Å²) in [5.41, 5.74) is 0. The Morgan fingerprint density at radius 2 is 1.89 bits per heavy atom. The van der Waals surface area contributed by atoms with Crippen molar-refractivity contribution in [3.05, 3.63) is 0 Å². The molecule has 5 atom stereocenters. The van der Waals surface area contributed by atoms with Crippen LogP contribution >= 0.6 is 0 Å². The van der Waals surface area contributed by atoms with Crippen LogP contribution in [-0.4, -0.2) is 18.5 Å². The van der Waals surface area contributed by atoms with Gasteiger partial charge in [0.25, 0.3) is 0 Å². The summed E-state index contributed by atoms with van der Waals surface area (Å²) >= 11 is 0. The van der Waals surface area contributed by atoms with Crippen molar-refractivity contribution >= 4 is 5.78 Å². The zero-order chi connectivity index (χ0) is 12.1. The zero-order valence-electron chi connectivity index (χ0n) is 11.1. The zero-order valence-corrected chi connectivity index (χ0v) is 11.1. The van der Waals surface area contributed by atoms with Gasteiger partial charge in [-0.3, -0.25) is 4.79 Å². The fourth-order valence-electron chi connectivity index (χ4n) is 5.30. The van der Waals surface area contributed by atoms with Gasteiger partial charge in [0.1, 0.15) is 5.78 Å². The summed E-state index contributed by atoms with van der Waals surface area (Å²) in [7, 11) is 0. The van der Waals surface area contributed by atoms with Crippen molar-refractivity contribution in [1.82, 2.24) is 0 Å². The molecule has 0 aromatic heterocycles. The quantitative estimate of drug-likeness (QED) is 0.747. The summed E-state index contributed by atoms with van der Waals surface area (Å²) < 4.78 is 5.62. The Hall–Kier alpha value is -0.370. The number of hydrogen-bond donors (Lipinski definition) is 0. The van der Waals surface area contributed by atoms with Crippen molar-refractivity contribution in [3.63, 3.8) is 0 Å². The lowest BCUT2D eigenvalue weighted by Gasteiger charge is -2.10. The van der Waals surface area contributed by atoms with E-state index in [-0.39, 0.29) is 0 Å². The number of carbonyl (C=O) groups is 1. The van der Waals surface area contributed by atoms with Crippen LogP contribution in [0.25, 0.3) is 0 Å². The van der Waals surface area contributed by atoms with E-state index >= 15 is 0 Å². The molecule has 0 aromatic rings. The standard InChI is InChI=1S/C16H24O2/c17-13(5-1-3-12-4-2-8-18-12)16-14-10-6-7-11(9-10)15(14)16/h10-12,14-16H,1-9H2. The highest BCUT2D eigenvalue weighted by molar-refractivity contribution is 5.84. The van der Waals surface area contributed by atoms with Crippen LogP contribution in [0.5, 0.6) is 0 Å². The normalized spacial score (nSPS) is 48.4. The van der Waals surface area contributed by atoms with Crippen LogP contribution in [0.3, 0.4) is 0 Å². The first-order valence-electron chi connectivity index (χ1n) is 7.99. The molecule has 2 bridgehead atoms. The molecule has 0 amide bonds. The second-order valence-corrected chi connectivity index (χ2v) is 7.01. The van der Waals surface area contributed by atoms with E-state index < -0.39 is 0 Å². The summed E-state index contributed by atoms with van der Waals surface area (Å²) in [6, 6.07) is 0. The maximum Gasteiger partial charge on any atom is 0.136 e. The number of Topliss-reactive ketones (excluding diaryl/α,β-unsaturated/α-hetero) is 1. The van der Waals surface area contributed by atoms with E-state index in [9.17, 15) is 4.79 Å². The molecule has 0 spiro atoms. The minimum atomic E-state index is 0.465. The predicted molar refractivity (Wildman–Crippen MR) is 69.1 cm³/mol. The molecule has 4 rings (SSSR count). The smallest absolute Gasteiger partial charge is 0.136 e. The number of hydrogen-bond acceptors (Lipinski definition) is 2. The lowest BCUT2D eigenvalue weighted by Crippen LogP contribution is -2.11. The van der Waals surface area contributed by atoms with Crippen molar-refractivity contribution in [2.45, 2.75) is 57.5 Å². The molecule has 100 valence electrons. The van der Waals surface area contributed by atoms with Gasteiger partial charge in [-0.25, -0.2) is 0 Å². The van der Waals surface area contributed by atoms with Crippen LogP contribution in [0.15, 0.2) is 0 Å². The summed E-state index contributed by atoms with van der Waals surface area (Å²) in [6.07, 6.45) is 10.2. The first-order chi connectivity index (χ1) is 8.84. The Kier molecular flexibility index (Phi) is 2.76. The van der Waals surface area contributed by atoms with Crippen LogP contribution in [-0.2, 0) is 9.53 Å². The topological polar surface area (TPSA) is 26.3 Å². The molecule has 3 saturated carbocycles. The van der Waals surface area contributed by atoms with E-state index in [0.717, 1.165) is 49.5 Å². The van der Waals surface area contributed by atoms with Crippen molar-refractivity contribution in [2.75, 3.05) is 6.61 Å². The highest BCUT2D eigenvalue weighted by Gasteiger charge is 2.66. The van der Waals surface area contributed by atoms with E-state index in [0.29, 0.717) is 17.8 Å². The van der Waals surface area contributed by atoms with Crippen molar-refractivity contribution in [2.24, 2.45) is 29.6 Å². The van der Waals surface area contributed by atoms with E-state index in [1.54, 1.807) is 0 Å². The molecule has 5 unspecified atom stereocenters. The summed E-state index contributed by atoms with van der Waals surface area (Å²) in [5, 5.41) is 0. The molecular weight excluding hydrogens is 224 g/mol. The van der Waals surface area contributed by atoms with Gasteiger partial charge in [0.05, 0.1) is 6.10 Å². The molecule has 18 heavy (non-hydrogen) atoms. The minimum absolute atomic E-state index is 0.465. The highest BCUT2D eigenvalue weighted by Crippen LogP contribution is 2.69. The van der Waals surface area contributed by atoms with Crippen molar-refractivity contribution in [3.8, 4) is 0 Å². The molecule has 3 aliphatic carbocycles. The molecule has 1 aliphatic heterocycles. The average Bonchev–Trinajstić information content (AvgIpc) is 2.80. The third kappa shape index (κ3) is 1.76. The van der Waals surface area contributed by atoms with Crippen LogP contribution in [0, 0.1) is 29.6 Å². The Labute approximate surface area is 109 Å². The first kappa shape index (κ1) is 11.5. The van der Waals surface area contributed by atoms with Gasteiger partial charge in [-0.05, 0) is 68.6 Å². The molecule has 2 heteroatoms. The molecule has 1 saturated heterocycles.